The summed E-state index contributed by atoms with van der Waals surface area (Å²) in [7, 11) is 0. The van der Waals surface area contributed by atoms with Crippen molar-refractivity contribution >= 4 is 0 Å². The predicted octanol–water partition coefficient (Wildman–Crippen LogP) is 2.96. The normalized spacial score (nSPS) is 18.8. The van der Waals surface area contributed by atoms with Crippen LogP contribution in [0.1, 0.15) is 43.7 Å². The zero-order chi connectivity index (χ0) is 11.6. The molecule has 0 spiro atoms. The van der Waals surface area contributed by atoms with Crippen molar-refractivity contribution < 1.29 is 5.11 Å². The third-order valence-corrected chi connectivity index (χ3v) is 3.35. The Balaban J connectivity index is 2.10. The minimum atomic E-state index is -0.796. The summed E-state index contributed by atoms with van der Waals surface area (Å²) in [6.07, 6.45) is 4.50. The molecule has 2 rings (SSSR count). The first kappa shape index (κ1) is 11.2. The Bertz CT molecular complexity index is 413. The summed E-state index contributed by atoms with van der Waals surface area (Å²) in [6.45, 7) is 1.84. The maximum Gasteiger partial charge on any atom is 0.0991 e. The Morgan fingerprint density at radius 3 is 2.88 bits per heavy atom. The van der Waals surface area contributed by atoms with Crippen LogP contribution < -0.4 is 0 Å². The molecule has 1 N–H and O–H groups in total. The SMILES string of the molecule is CC(O)(CCC1CC1)c1cccc(C#N)c1. The summed E-state index contributed by atoms with van der Waals surface area (Å²) in [5, 5.41) is 19.2. The Hall–Kier alpha value is -1.33. The van der Waals surface area contributed by atoms with Crippen molar-refractivity contribution in [3.63, 3.8) is 0 Å². The quantitative estimate of drug-likeness (QED) is 0.839. The van der Waals surface area contributed by atoms with Gasteiger partial charge in [-0.1, -0.05) is 25.0 Å². The smallest absolute Gasteiger partial charge is 0.0991 e. The Morgan fingerprint density at radius 2 is 2.25 bits per heavy atom. The minimum Gasteiger partial charge on any atom is -0.385 e. The Labute approximate surface area is 96.5 Å². The summed E-state index contributed by atoms with van der Waals surface area (Å²) in [5.74, 6) is 0.825. The van der Waals surface area contributed by atoms with Crippen LogP contribution in [0.5, 0.6) is 0 Å². The van der Waals surface area contributed by atoms with E-state index in [0.29, 0.717) is 5.56 Å². The number of hydrogen-bond donors (Lipinski definition) is 1. The third-order valence-electron chi connectivity index (χ3n) is 3.35. The van der Waals surface area contributed by atoms with Gasteiger partial charge in [-0.3, -0.25) is 0 Å². The van der Waals surface area contributed by atoms with Gasteiger partial charge in [0.15, 0.2) is 0 Å². The van der Waals surface area contributed by atoms with Gasteiger partial charge in [-0.25, -0.2) is 0 Å². The summed E-state index contributed by atoms with van der Waals surface area (Å²) in [6, 6.07) is 9.38. The molecule has 1 aliphatic rings. The molecule has 1 saturated carbocycles. The van der Waals surface area contributed by atoms with E-state index < -0.39 is 5.60 Å². The molecular formula is C14H17NO. The summed E-state index contributed by atoms with van der Waals surface area (Å²) in [5.41, 5.74) is 0.673. The van der Waals surface area contributed by atoms with Crippen LogP contribution in [0.15, 0.2) is 24.3 Å². The van der Waals surface area contributed by atoms with E-state index in [1.54, 1.807) is 12.1 Å². The van der Waals surface area contributed by atoms with E-state index in [4.69, 9.17) is 5.26 Å². The topological polar surface area (TPSA) is 44.0 Å². The lowest BCUT2D eigenvalue weighted by molar-refractivity contribution is 0.0439. The second-order valence-corrected chi connectivity index (χ2v) is 4.95. The van der Waals surface area contributed by atoms with Crippen LogP contribution in [0, 0.1) is 17.2 Å². The third kappa shape index (κ3) is 2.62. The molecule has 0 radical (unpaired) electrons. The summed E-state index contributed by atoms with van der Waals surface area (Å²) < 4.78 is 0. The largest absolute Gasteiger partial charge is 0.385 e. The first-order valence-electron chi connectivity index (χ1n) is 5.85. The molecule has 0 bridgehead atoms. The second-order valence-electron chi connectivity index (χ2n) is 4.95. The fourth-order valence-electron chi connectivity index (χ4n) is 1.96. The van der Waals surface area contributed by atoms with Gasteiger partial charge in [-0.2, -0.15) is 5.26 Å². The van der Waals surface area contributed by atoms with E-state index in [2.05, 4.69) is 6.07 Å². The molecule has 1 aromatic carbocycles. The first-order valence-corrected chi connectivity index (χ1v) is 5.85. The van der Waals surface area contributed by atoms with Gasteiger partial charge in [-0.05, 0) is 43.4 Å². The highest BCUT2D eigenvalue weighted by atomic mass is 16.3. The van der Waals surface area contributed by atoms with Gasteiger partial charge < -0.3 is 5.11 Å². The van der Waals surface area contributed by atoms with Gasteiger partial charge >= 0.3 is 0 Å². The zero-order valence-corrected chi connectivity index (χ0v) is 9.61. The monoisotopic (exact) mass is 215 g/mol. The molecule has 1 aromatic rings. The summed E-state index contributed by atoms with van der Waals surface area (Å²) in [4.78, 5) is 0. The van der Waals surface area contributed by atoms with Crippen molar-refractivity contribution in [1.82, 2.24) is 0 Å². The second kappa shape index (κ2) is 4.27. The summed E-state index contributed by atoms with van der Waals surface area (Å²) >= 11 is 0. The van der Waals surface area contributed by atoms with Crippen molar-refractivity contribution in [3.05, 3.63) is 35.4 Å². The highest BCUT2D eigenvalue weighted by molar-refractivity contribution is 5.35. The van der Waals surface area contributed by atoms with Crippen molar-refractivity contribution in [3.8, 4) is 6.07 Å². The van der Waals surface area contributed by atoms with Gasteiger partial charge in [0.1, 0.15) is 0 Å². The predicted molar refractivity (Wildman–Crippen MR) is 62.7 cm³/mol. The molecule has 1 fully saturated rings. The molecule has 2 heteroatoms. The molecule has 0 heterocycles. The highest BCUT2D eigenvalue weighted by Gasteiger charge is 2.28. The Kier molecular flexibility index (Phi) is 2.98. The number of rotatable bonds is 4. The molecular weight excluding hydrogens is 198 g/mol. The number of hydrogen-bond acceptors (Lipinski definition) is 2. The lowest BCUT2D eigenvalue weighted by Gasteiger charge is -2.24. The molecule has 0 aromatic heterocycles. The van der Waals surface area contributed by atoms with Crippen LogP contribution in [-0.4, -0.2) is 5.11 Å². The lowest BCUT2D eigenvalue weighted by atomic mass is 9.89. The van der Waals surface area contributed by atoms with E-state index >= 15 is 0 Å². The molecule has 1 aliphatic carbocycles. The van der Waals surface area contributed by atoms with Crippen molar-refractivity contribution in [2.24, 2.45) is 5.92 Å². The van der Waals surface area contributed by atoms with E-state index in [9.17, 15) is 5.11 Å². The van der Waals surface area contributed by atoms with Gasteiger partial charge in [0.25, 0.3) is 0 Å². The fourth-order valence-corrected chi connectivity index (χ4v) is 1.96. The van der Waals surface area contributed by atoms with E-state index in [1.165, 1.54) is 12.8 Å². The van der Waals surface area contributed by atoms with Crippen LogP contribution in [0.25, 0.3) is 0 Å². The average Bonchev–Trinajstić information content (AvgIpc) is 3.10. The van der Waals surface area contributed by atoms with Crippen LogP contribution in [0.3, 0.4) is 0 Å². The molecule has 1 unspecified atom stereocenters. The number of benzene rings is 1. The average molecular weight is 215 g/mol. The van der Waals surface area contributed by atoms with E-state index in [1.807, 2.05) is 19.1 Å². The molecule has 84 valence electrons. The van der Waals surface area contributed by atoms with Gasteiger partial charge in [0.05, 0.1) is 17.2 Å². The lowest BCUT2D eigenvalue weighted by Crippen LogP contribution is -2.21. The van der Waals surface area contributed by atoms with Gasteiger partial charge in [0.2, 0.25) is 0 Å². The minimum absolute atomic E-state index is 0.615. The van der Waals surface area contributed by atoms with Crippen LogP contribution in [0.2, 0.25) is 0 Å². The zero-order valence-electron chi connectivity index (χ0n) is 9.61. The van der Waals surface area contributed by atoms with Crippen LogP contribution in [-0.2, 0) is 5.60 Å². The Morgan fingerprint density at radius 1 is 1.50 bits per heavy atom. The number of nitrogens with zero attached hydrogens (tertiary/aromatic N) is 1. The molecule has 1 atom stereocenters. The molecule has 2 nitrogen and oxygen atoms in total. The number of aliphatic hydroxyl groups is 1. The van der Waals surface area contributed by atoms with E-state index in [-0.39, 0.29) is 0 Å². The van der Waals surface area contributed by atoms with Crippen molar-refractivity contribution in [2.75, 3.05) is 0 Å². The van der Waals surface area contributed by atoms with Crippen molar-refractivity contribution in [2.45, 2.75) is 38.2 Å². The molecule has 0 amide bonds. The number of nitriles is 1. The van der Waals surface area contributed by atoms with Crippen molar-refractivity contribution in [1.29, 1.82) is 5.26 Å². The fraction of sp³-hybridized carbons (Fsp3) is 0.500. The first-order chi connectivity index (χ1) is 7.62. The molecule has 0 aliphatic heterocycles. The van der Waals surface area contributed by atoms with Crippen LogP contribution >= 0.6 is 0 Å². The maximum absolute atomic E-state index is 10.4. The van der Waals surface area contributed by atoms with Crippen LogP contribution in [0.4, 0.5) is 0 Å². The highest BCUT2D eigenvalue weighted by Crippen LogP contribution is 2.37. The van der Waals surface area contributed by atoms with Gasteiger partial charge in [0, 0.05) is 0 Å². The molecule has 16 heavy (non-hydrogen) atoms. The molecule has 0 saturated heterocycles. The van der Waals surface area contributed by atoms with E-state index in [0.717, 1.165) is 24.3 Å². The van der Waals surface area contributed by atoms with Gasteiger partial charge in [-0.15, -0.1) is 0 Å². The maximum atomic E-state index is 10.4. The standard InChI is InChI=1S/C14H17NO/c1-14(16,8-7-11-5-6-11)13-4-2-3-12(9-13)10-15/h2-4,9,11,16H,5-8H2,1H3.